The number of rotatable bonds is 1. The van der Waals surface area contributed by atoms with Gasteiger partial charge in [-0.2, -0.15) is 0 Å². The summed E-state index contributed by atoms with van der Waals surface area (Å²) in [7, 11) is 1.64. The topological polar surface area (TPSA) is 53.5 Å². The molecule has 4 nitrogen and oxygen atoms in total. The number of thiophene rings is 1. The van der Waals surface area contributed by atoms with Crippen LogP contribution in [0.1, 0.15) is 16.5 Å². The minimum absolute atomic E-state index is 0.0385. The van der Waals surface area contributed by atoms with E-state index >= 15 is 0 Å². The van der Waals surface area contributed by atoms with Crippen LogP contribution < -0.4 is 10.6 Å². The molecule has 0 radical (unpaired) electrons. The van der Waals surface area contributed by atoms with Crippen LogP contribution in [0.4, 0.5) is 0 Å². The Balaban J connectivity index is 2.24. The van der Waals surface area contributed by atoms with Gasteiger partial charge in [-0.3, -0.25) is 15.1 Å². The van der Waals surface area contributed by atoms with Crippen molar-refractivity contribution in [2.45, 2.75) is 13.0 Å². The minimum Gasteiger partial charge on any atom is -0.340 e. The molecule has 0 aromatic carbocycles. The lowest BCUT2D eigenvalue weighted by Crippen LogP contribution is -2.24. The van der Waals surface area contributed by atoms with Gasteiger partial charge in [0.15, 0.2) is 5.96 Å². The van der Waals surface area contributed by atoms with Crippen LogP contribution in [0, 0.1) is 6.92 Å². The highest BCUT2D eigenvalue weighted by atomic mass is 32.1. The van der Waals surface area contributed by atoms with Crippen molar-refractivity contribution in [1.82, 2.24) is 10.6 Å². The molecule has 1 unspecified atom stereocenters. The number of carbonyl (C=O) groups is 1. The summed E-state index contributed by atoms with van der Waals surface area (Å²) >= 11 is 1.64. The molecule has 0 spiro atoms. The summed E-state index contributed by atoms with van der Waals surface area (Å²) in [6, 6.07) is 1.74. The molecular weight excluding hydrogens is 198 g/mol. The van der Waals surface area contributed by atoms with Crippen LogP contribution in [0.15, 0.2) is 16.4 Å². The highest BCUT2D eigenvalue weighted by molar-refractivity contribution is 7.10. The molecule has 1 saturated heterocycles. The second-order valence-electron chi connectivity index (χ2n) is 3.13. The second-order valence-corrected chi connectivity index (χ2v) is 4.24. The molecule has 1 aromatic rings. The summed E-state index contributed by atoms with van der Waals surface area (Å²) < 4.78 is 0. The molecule has 0 aliphatic carbocycles. The summed E-state index contributed by atoms with van der Waals surface area (Å²) in [6.45, 7) is 2.02. The van der Waals surface area contributed by atoms with Crippen molar-refractivity contribution in [2.75, 3.05) is 7.05 Å². The maximum atomic E-state index is 11.5. The number of carbonyl (C=O) groups excluding carboxylic acids is 1. The summed E-state index contributed by atoms with van der Waals surface area (Å²) in [5.41, 5.74) is 1.00. The number of nitrogens with zero attached hydrogens (tertiary/aromatic N) is 1. The summed E-state index contributed by atoms with van der Waals surface area (Å²) in [4.78, 5) is 16.6. The third kappa shape index (κ3) is 1.50. The zero-order valence-electron chi connectivity index (χ0n) is 8.00. The highest BCUT2D eigenvalue weighted by Crippen LogP contribution is 2.22. The number of guanidine groups is 1. The van der Waals surface area contributed by atoms with Crippen LogP contribution in [0.5, 0.6) is 0 Å². The van der Waals surface area contributed by atoms with Gasteiger partial charge in [0.25, 0.3) is 5.91 Å². The highest BCUT2D eigenvalue weighted by Gasteiger charge is 2.29. The Morgan fingerprint density at radius 3 is 2.86 bits per heavy atom. The van der Waals surface area contributed by atoms with E-state index in [-0.39, 0.29) is 11.9 Å². The van der Waals surface area contributed by atoms with E-state index < -0.39 is 0 Å². The molecule has 2 rings (SSSR count). The van der Waals surface area contributed by atoms with E-state index in [1.54, 1.807) is 18.4 Å². The molecule has 1 aliphatic rings. The zero-order chi connectivity index (χ0) is 10.1. The van der Waals surface area contributed by atoms with Crippen molar-refractivity contribution in [2.24, 2.45) is 4.99 Å². The van der Waals surface area contributed by atoms with Crippen LogP contribution in [0.3, 0.4) is 0 Å². The summed E-state index contributed by atoms with van der Waals surface area (Å²) in [5.74, 6) is 0.507. The van der Waals surface area contributed by atoms with E-state index in [1.807, 2.05) is 18.4 Å². The fourth-order valence-electron chi connectivity index (χ4n) is 1.40. The smallest absolute Gasteiger partial charge is 0.253 e. The Bertz CT molecular complexity index is 397. The lowest BCUT2D eigenvalue weighted by Gasteiger charge is -2.03. The van der Waals surface area contributed by atoms with Crippen LogP contribution >= 0.6 is 11.3 Å². The quantitative estimate of drug-likeness (QED) is 0.719. The second kappa shape index (κ2) is 3.42. The molecule has 5 heteroatoms. The lowest BCUT2D eigenvalue weighted by molar-refractivity contribution is -0.120. The normalized spacial score (nSPS) is 23.7. The van der Waals surface area contributed by atoms with Crippen LogP contribution in [0.2, 0.25) is 0 Å². The fraction of sp³-hybridized carbons (Fsp3) is 0.333. The van der Waals surface area contributed by atoms with E-state index in [4.69, 9.17) is 0 Å². The third-order valence-electron chi connectivity index (χ3n) is 2.09. The zero-order valence-corrected chi connectivity index (χ0v) is 8.81. The van der Waals surface area contributed by atoms with E-state index in [1.165, 1.54) is 4.88 Å². The van der Waals surface area contributed by atoms with Crippen molar-refractivity contribution in [3.8, 4) is 0 Å². The number of aliphatic imine (C=N–C) groups is 1. The van der Waals surface area contributed by atoms with Crippen molar-refractivity contribution in [3.63, 3.8) is 0 Å². The van der Waals surface area contributed by atoms with Gasteiger partial charge in [-0.05, 0) is 23.9 Å². The first kappa shape index (κ1) is 9.21. The van der Waals surface area contributed by atoms with Crippen molar-refractivity contribution in [3.05, 3.63) is 21.9 Å². The summed E-state index contributed by atoms with van der Waals surface area (Å²) in [5, 5.41) is 7.67. The first-order chi connectivity index (χ1) is 6.70. The van der Waals surface area contributed by atoms with Gasteiger partial charge in [0.2, 0.25) is 0 Å². The van der Waals surface area contributed by atoms with Crippen molar-refractivity contribution in [1.29, 1.82) is 0 Å². The monoisotopic (exact) mass is 209 g/mol. The lowest BCUT2D eigenvalue weighted by atomic mass is 10.1. The maximum absolute atomic E-state index is 11.5. The van der Waals surface area contributed by atoms with E-state index in [0.29, 0.717) is 5.96 Å². The van der Waals surface area contributed by atoms with Crippen LogP contribution in [0.25, 0.3) is 0 Å². The number of hydrogen-bond acceptors (Lipinski definition) is 3. The molecule has 2 heterocycles. The first-order valence-electron chi connectivity index (χ1n) is 4.30. The Morgan fingerprint density at radius 2 is 2.36 bits per heavy atom. The molecule has 1 atom stereocenters. The number of hydrogen-bond donors (Lipinski definition) is 2. The average Bonchev–Trinajstić information content (AvgIpc) is 2.71. The van der Waals surface area contributed by atoms with Gasteiger partial charge < -0.3 is 5.32 Å². The first-order valence-corrected chi connectivity index (χ1v) is 5.18. The Hall–Kier alpha value is -1.36. The molecule has 14 heavy (non-hydrogen) atoms. The van der Waals surface area contributed by atoms with E-state index in [2.05, 4.69) is 15.6 Å². The van der Waals surface area contributed by atoms with Gasteiger partial charge in [-0.1, -0.05) is 0 Å². The molecule has 1 aliphatic heterocycles. The Labute approximate surface area is 86.0 Å². The minimum atomic E-state index is -0.279. The van der Waals surface area contributed by atoms with Gasteiger partial charge in [-0.25, -0.2) is 0 Å². The molecular formula is C9H11N3OS. The molecule has 74 valence electrons. The largest absolute Gasteiger partial charge is 0.340 e. The molecule has 1 amide bonds. The molecule has 0 bridgehead atoms. The Morgan fingerprint density at radius 1 is 1.57 bits per heavy atom. The molecule has 1 aromatic heterocycles. The third-order valence-corrected chi connectivity index (χ3v) is 2.97. The van der Waals surface area contributed by atoms with Gasteiger partial charge in [0.1, 0.15) is 6.04 Å². The van der Waals surface area contributed by atoms with E-state index in [9.17, 15) is 4.79 Å². The fourth-order valence-corrected chi connectivity index (χ4v) is 2.13. The number of aryl methyl sites for hydroxylation is 1. The van der Waals surface area contributed by atoms with Gasteiger partial charge in [0.05, 0.1) is 0 Å². The summed E-state index contributed by atoms with van der Waals surface area (Å²) in [6.07, 6.45) is 0. The van der Waals surface area contributed by atoms with Crippen LogP contribution in [-0.4, -0.2) is 18.9 Å². The number of nitrogens with one attached hydrogen (secondary N) is 2. The molecule has 2 N–H and O–H groups in total. The van der Waals surface area contributed by atoms with Crippen molar-refractivity contribution >= 4 is 23.2 Å². The molecule has 0 saturated carbocycles. The average molecular weight is 209 g/mol. The standard InChI is InChI=1S/C9H11N3OS/c1-5-3-6(4-14-5)7-8(13)12-9(10-2)11-7/h3-4,7H,1-2H3,(H2,10,11,12,13). The van der Waals surface area contributed by atoms with Gasteiger partial charge >= 0.3 is 0 Å². The predicted molar refractivity (Wildman–Crippen MR) is 56.4 cm³/mol. The maximum Gasteiger partial charge on any atom is 0.253 e. The predicted octanol–water partition coefficient (Wildman–Crippen LogP) is 0.803. The number of amides is 1. The van der Waals surface area contributed by atoms with Gasteiger partial charge in [0, 0.05) is 11.9 Å². The van der Waals surface area contributed by atoms with Crippen LogP contribution in [-0.2, 0) is 4.79 Å². The van der Waals surface area contributed by atoms with E-state index in [0.717, 1.165) is 5.56 Å². The SMILES string of the molecule is CN=C1NC(=O)C(c2csc(C)c2)N1. The van der Waals surface area contributed by atoms with Gasteiger partial charge in [-0.15, -0.1) is 11.3 Å². The van der Waals surface area contributed by atoms with Crippen molar-refractivity contribution < 1.29 is 4.79 Å². The Kier molecular flexibility index (Phi) is 2.25. The molecule has 1 fully saturated rings.